The fraction of sp³-hybridized carbons (Fsp3) is 0.933. The molecular formula is C15H30N2O2. The monoisotopic (exact) mass is 270 g/mol. The van der Waals surface area contributed by atoms with E-state index >= 15 is 0 Å². The van der Waals surface area contributed by atoms with Gasteiger partial charge in [-0.1, -0.05) is 39.0 Å². The first kappa shape index (κ1) is 16.4. The summed E-state index contributed by atoms with van der Waals surface area (Å²) in [5.41, 5.74) is 6.11. The molecule has 3 N–H and O–H groups in total. The molecule has 1 fully saturated rings. The molecule has 0 aliphatic heterocycles. The van der Waals surface area contributed by atoms with Gasteiger partial charge in [0.15, 0.2) is 0 Å². The van der Waals surface area contributed by atoms with Crippen molar-refractivity contribution in [2.45, 2.75) is 83.5 Å². The molecule has 1 saturated carbocycles. The average molecular weight is 270 g/mol. The Morgan fingerprint density at radius 2 is 2.05 bits per heavy atom. The minimum absolute atomic E-state index is 0.00690. The molecule has 1 amide bonds. The van der Waals surface area contributed by atoms with E-state index in [0.29, 0.717) is 0 Å². The molecule has 0 aromatic rings. The average Bonchev–Trinajstić information content (AvgIpc) is 2.60. The molecule has 0 spiro atoms. The maximum atomic E-state index is 11.9. The lowest BCUT2D eigenvalue weighted by atomic mass is 10.1. The number of hydrogen-bond donors (Lipinski definition) is 2. The highest BCUT2D eigenvalue weighted by molar-refractivity contribution is 5.80. The number of rotatable bonds is 7. The molecule has 0 aromatic heterocycles. The van der Waals surface area contributed by atoms with Gasteiger partial charge in [-0.05, 0) is 26.2 Å². The number of amides is 1. The second-order valence-corrected chi connectivity index (χ2v) is 5.62. The first-order valence-corrected chi connectivity index (χ1v) is 7.84. The lowest BCUT2D eigenvalue weighted by molar-refractivity contribution is -0.136. The van der Waals surface area contributed by atoms with Crippen LogP contribution in [0.5, 0.6) is 0 Å². The lowest BCUT2D eigenvalue weighted by Gasteiger charge is -2.25. The Kier molecular flexibility index (Phi) is 8.07. The van der Waals surface area contributed by atoms with Gasteiger partial charge in [0.2, 0.25) is 5.91 Å². The second kappa shape index (κ2) is 9.32. The summed E-state index contributed by atoms with van der Waals surface area (Å²) in [6.45, 7) is 4.73. The smallest absolute Gasteiger partial charge is 0.248 e. The summed E-state index contributed by atoms with van der Waals surface area (Å²) >= 11 is 0. The van der Waals surface area contributed by atoms with Crippen LogP contribution in [0.1, 0.15) is 65.2 Å². The maximum absolute atomic E-state index is 11.9. The van der Waals surface area contributed by atoms with Gasteiger partial charge >= 0.3 is 0 Å². The van der Waals surface area contributed by atoms with Crippen molar-refractivity contribution in [1.29, 1.82) is 0 Å². The van der Waals surface area contributed by atoms with Gasteiger partial charge < -0.3 is 15.8 Å². The number of nitrogens with two attached hydrogens (primary N) is 1. The Hall–Kier alpha value is -0.610. The third-order valence-corrected chi connectivity index (χ3v) is 3.83. The largest absolute Gasteiger partial charge is 0.364 e. The lowest BCUT2D eigenvalue weighted by Crippen LogP contribution is -2.43. The van der Waals surface area contributed by atoms with Crippen LogP contribution in [0.4, 0.5) is 0 Å². The third-order valence-electron chi connectivity index (χ3n) is 3.83. The molecule has 0 radical (unpaired) electrons. The van der Waals surface area contributed by atoms with Crippen LogP contribution in [0.25, 0.3) is 0 Å². The molecule has 1 rings (SSSR count). The molecule has 0 heterocycles. The van der Waals surface area contributed by atoms with Crippen LogP contribution in [0.15, 0.2) is 0 Å². The standard InChI is InChI=1S/C15H30N2O2/c1-3-4-8-11-17-15(18)12(2)19-14-10-7-5-6-9-13(14)16/h12-14H,3-11,16H2,1-2H3,(H,17,18). The summed E-state index contributed by atoms with van der Waals surface area (Å²) in [6, 6.07) is 0.0813. The summed E-state index contributed by atoms with van der Waals surface area (Å²) in [5, 5.41) is 2.93. The van der Waals surface area contributed by atoms with Gasteiger partial charge in [0.25, 0.3) is 0 Å². The molecule has 19 heavy (non-hydrogen) atoms. The van der Waals surface area contributed by atoms with Gasteiger partial charge in [-0.15, -0.1) is 0 Å². The van der Waals surface area contributed by atoms with Crippen LogP contribution < -0.4 is 11.1 Å². The van der Waals surface area contributed by atoms with E-state index in [1.165, 1.54) is 19.3 Å². The first-order valence-electron chi connectivity index (χ1n) is 7.84. The molecule has 3 atom stereocenters. The number of ether oxygens (including phenoxy) is 1. The zero-order valence-corrected chi connectivity index (χ0v) is 12.5. The van der Waals surface area contributed by atoms with Crippen molar-refractivity contribution in [3.63, 3.8) is 0 Å². The van der Waals surface area contributed by atoms with Crippen LogP contribution in [0.2, 0.25) is 0 Å². The van der Waals surface area contributed by atoms with E-state index in [2.05, 4.69) is 12.2 Å². The fourth-order valence-electron chi connectivity index (χ4n) is 2.53. The highest BCUT2D eigenvalue weighted by Gasteiger charge is 2.25. The minimum atomic E-state index is -0.393. The maximum Gasteiger partial charge on any atom is 0.248 e. The van der Waals surface area contributed by atoms with E-state index in [1.54, 1.807) is 0 Å². The predicted octanol–water partition coefficient (Wildman–Crippen LogP) is 2.36. The molecular weight excluding hydrogens is 240 g/mol. The SMILES string of the molecule is CCCCCNC(=O)C(C)OC1CCCCCC1N. The summed E-state index contributed by atoms with van der Waals surface area (Å²) in [6.07, 6.45) is 8.56. The van der Waals surface area contributed by atoms with Crippen molar-refractivity contribution in [3.05, 3.63) is 0 Å². The van der Waals surface area contributed by atoms with E-state index in [9.17, 15) is 4.79 Å². The Morgan fingerprint density at radius 3 is 2.79 bits per heavy atom. The van der Waals surface area contributed by atoms with Gasteiger partial charge in [-0.25, -0.2) is 0 Å². The molecule has 1 aliphatic rings. The van der Waals surface area contributed by atoms with Crippen molar-refractivity contribution in [2.24, 2.45) is 5.73 Å². The van der Waals surface area contributed by atoms with Crippen LogP contribution in [0, 0.1) is 0 Å². The van der Waals surface area contributed by atoms with E-state index in [1.807, 2.05) is 6.92 Å². The summed E-state index contributed by atoms with van der Waals surface area (Å²) in [5.74, 6) is -0.00690. The minimum Gasteiger partial charge on any atom is -0.364 e. The number of carbonyl (C=O) groups is 1. The van der Waals surface area contributed by atoms with Gasteiger partial charge in [0.05, 0.1) is 6.10 Å². The van der Waals surface area contributed by atoms with Crippen molar-refractivity contribution < 1.29 is 9.53 Å². The quantitative estimate of drug-likeness (QED) is 0.551. The molecule has 1 aliphatic carbocycles. The van der Waals surface area contributed by atoms with Gasteiger partial charge in [-0.2, -0.15) is 0 Å². The van der Waals surface area contributed by atoms with Gasteiger partial charge in [0.1, 0.15) is 6.10 Å². The van der Waals surface area contributed by atoms with Gasteiger partial charge in [0, 0.05) is 12.6 Å². The molecule has 0 bridgehead atoms. The highest BCUT2D eigenvalue weighted by atomic mass is 16.5. The topological polar surface area (TPSA) is 64.3 Å². The van der Waals surface area contributed by atoms with Crippen LogP contribution in [-0.4, -0.2) is 30.7 Å². The molecule has 4 heteroatoms. The summed E-state index contributed by atoms with van der Waals surface area (Å²) in [4.78, 5) is 11.9. The molecule has 3 unspecified atom stereocenters. The zero-order valence-electron chi connectivity index (χ0n) is 12.5. The van der Waals surface area contributed by atoms with Gasteiger partial charge in [-0.3, -0.25) is 4.79 Å². The third kappa shape index (κ3) is 6.39. The number of carbonyl (C=O) groups excluding carboxylic acids is 1. The molecule has 0 saturated heterocycles. The number of unbranched alkanes of at least 4 members (excludes halogenated alkanes) is 2. The molecule has 112 valence electrons. The Morgan fingerprint density at radius 1 is 1.32 bits per heavy atom. The Balaban J connectivity index is 2.27. The van der Waals surface area contributed by atoms with Crippen molar-refractivity contribution in [1.82, 2.24) is 5.32 Å². The predicted molar refractivity (Wildman–Crippen MR) is 77.9 cm³/mol. The fourth-order valence-corrected chi connectivity index (χ4v) is 2.53. The van der Waals surface area contributed by atoms with Crippen molar-refractivity contribution >= 4 is 5.91 Å². The van der Waals surface area contributed by atoms with E-state index in [0.717, 1.165) is 38.6 Å². The first-order chi connectivity index (χ1) is 9.15. The van der Waals surface area contributed by atoms with E-state index in [-0.39, 0.29) is 18.1 Å². The summed E-state index contributed by atoms with van der Waals surface area (Å²) in [7, 11) is 0. The van der Waals surface area contributed by atoms with Crippen molar-refractivity contribution in [2.75, 3.05) is 6.54 Å². The summed E-state index contributed by atoms with van der Waals surface area (Å²) < 4.78 is 5.87. The van der Waals surface area contributed by atoms with Crippen molar-refractivity contribution in [3.8, 4) is 0 Å². The van der Waals surface area contributed by atoms with Crippen LogP contribution in [-0.2, 0) is 9.53 Å². The zero-order chi connectivity index (χ0) is 14.1. The highest BCUT2D eigenvalue weighted by Crippen LogP contribution is 2.20. The molecule has 0 aromatic carbocycles. The number of hydrogen-bond acceptors (Lipinski definition) is 3. The Labute approximate surface area is 117 Å². The normalized spacial score (nSPS) is 25.6. The van der Waals surface area contributed by atoms with Crippen LogP contribution in [0.3, 0.4) is 0 Å². The number of nitrogens with one attached hydrogen (secondary N) is 1. The van der Waals surface area contributed by atoms with E-state index in [4.69, 9.17) is 10.5 Å². The Bertz CT molecular complexity index is 259. The second-order valence-electron chi connectivity index (χ2n) is 5.62. The van der Waals surface area contributed by atoms with E-state index < -0.39 is 6.10 Å². The molecule has 4 nitrogen and oxygen atoms in total. The van der Waals surface area contributed by atoms with Crippen LogP contribution >= 0.6 is 0 Å².